The molecule has 94 valence electrons. The van der Waals surface area contributed by atoms with E-state index in [9.17, 15) is 4.79 Å². The van der Waals surface area contributed by atoms with Gasteiger partial charge in [0, 0.05) is 36.9 Å². The Bertz CT molecular complexity index is 394. The van der Waals surface area contributed by atoms with Crippen molar-refractivity contribution in [2.45, 2.75) is 19.3 Å². The number of hydrogen-bond acceptors (Lipinski definition) is 3. The second kappa shape index (κ2) is 5.85. The van der Waals surface area contributed by atoms with Gasteiger partial charge < -0.3 is 10.0 Å². The Hall–Kier alpha value is -0.580. The molecule has 1 aliphatic rings. The third-order valence-corrected chi connectivity index (χ3v) is 4.40. The Morgan fingerprint density at radius 3 is 3.00 bits per heavy atom. The lowest BCUT2D eigenvalue weighted by Gasteiger charge is -2.15. The molecule has 17 heavy (non-hydrogen) atoms. The van der Waals surface area contributed by atoms with E-state index < -0.39 is 0 Å². The number of aliphatic hydroxyl groups excluding tert-OH is 1. The van der Waals surface area contributed by atoms with Crippen LogP contribution in [0, 0.1) is 5.92 Å². The van der Waals surface area contributed by atoms with Crippen molar-refractivity contribution in [1.82, 2.24) is 4.90 Å². The predicted octanol–water partition coefficient (Wildman–Crippen LogP) is 2.17. The van der Waals surface area contributed by atoms with Crippen molar-refractivity contribution >= 4 is 28.8 Å². The van der Waals surface area contributed by atoms with E-state index in [4.69, 9.17) is 16.7 Å². The van der Waals surface area contributed by atoms with Crippen LogP contribution < -0.4 is 0 Å². The first-order valence-corrected chi connectivity index (χ1v) is 7.01. The molecule has 1 aromatic heterocycles. The lowest BCUT2D eigenvalue weighted by atomic mass is 10.1. The lowest BCUT2D eigenvalue weighted by Crippen LogP contribution is -2.29. The van der Waals surface area contributed by atoms with Crippen LogP contribution in [0.1, 0.15) is 17.7 Å². The summed E-state index contributed by atoms with van der Waals surface area (Å²) in [6.07, 6.45) is 2.22. The highest BCUT2D eigenvalue weighted by Crippen LogP contribution is 2.23. The van der Waals surface area contributed by atoms with Gasteiger partial charge in [-0.15, -0.1) is 11.3 Å². The summed E-state index contributed by atoms with van der Waals surface area (Å²) in [7, 11) is 0. The molecule has 1 fully saturated rings. The van der Waals surface area contributed by atoms with Gasteiger partial charge in [-0.2, -0.15) is 0 Å². The average Bonchev–Trinajstić information content (AvgIpc) is 2.94. The molecule has 0 aliphatic carbocycles. The normalized spacial score (nSPS) is 19.9. The molecule has 0 spiro atoms. The van der Waals surface area contributed by atoms with Gasteiger partial charge in [-0.05, 0) is 25.0 Å². The monoisotopic (exact) mass is 273 g/mol. The van der Waals surface area contributed by atoms with Crippen molar-refractivity contribution < 1.29 is 9.90 Å². The van der Waals surface area contributed by atoms with Gasteiger partial charge in [-0.1, -0.05) is 11.6 Å². The van der Waals surface area contributed by atoms with Gasteiger partial charge >= 0.3 is 0 Å². The van der Waals surface area contributed by atoms with E-state index in [1.54, 1.807) is 0 Å². The molecule has 2 rings (SSSR count). The minimum atomic E-state index is 0.185. The van der Waals surface area contributed by atoms with Gasteiger partial charge in [0.05, 0.1) is 4.34 Å². The van der Waals surface area contributed by atoms with Crippen LogP contribution in [0.5, 0.6) is 0 Å². The number of aliphatic hydroxyl groups is 1. The van der Waals surface area contributed by atoms with Gasteiger partial charge in [0.1, 0.15) is 0 Å². The number of carbonyl (C=O) groups is 1. The number of hydrogen-bond donors (Lipinski definition) is 1. The smallest absolute Gasteiger partial charge is 0.222 e. The molecule has 1 amide bonds. The summed E-state index contributed by atoms with van der Waals surface area (Å²) in [6.45, 7) is 1.68. The highest BCUT2D eigenvalue weighted by Gasteiger charge is 2.25. The first-order valence-electron chi connectivity index (χ1n) is 5.82. The summed E-state index contributed by atoms with van der Waals surface area (Å²) in [5.41, 5.74) is 0. The highest BCUT2D eigenvalue weighted by molar-refractivity contribution is 7.16. The molecule has 3 nitrogen and oxygen atoms in total. The summed E-state index contributed by atoms with van der Waals surface area (Å²) < 4.78 is 0.772. The number of likely N-dealkylation sites (tertiary alicyclic amines) is 1. The lowest BCUT2D eigenvalue weighted by molar-refractivity contribution is -0.130. The number of halogens is 1. The third-order valence-electron chi connectivity index (χ3n) is 3.11. The van der Waals surface area contributed by atoms with E-state index in [0.717, 1.165) is 28.6 Å². The van der Waals surface area contributed by atoms with Crippen LogP contribution in [0.15, 0.2) is 12.1 Å². The van der Waals surface area contributed by atoms with E-state index in [-0.39, 0.29) is 18.4 Å². The van der Waals surface area contributed by atoms with Gasteiger partial charge in [-0.3, -0.25) is 4.79 Å². The molecule has 1 saturated heterocycles. The van der Waals surface area contributed by atoms with Gasteiger partial charge in [-0.25, -0.2) is 0 Å². The average molecular weight is 274 g/mol. The summed E-state index contributed by atoms with van der Waals surface area (Å²) in [4.78, 5) is 14.9. The fourth-order valence-electron chi connectivity index (χ4n) is 2.08. The van der Waals surface area contributed by atoms with Crippen LogP contribution in [0.25, 0.3) is 0 Å². The van der Waals surface area contributed by atoms with Crippen molar-refractivity contribution in [2.75, 3.05) is 19.7 Å². The zero-order chi connectivity index (χ0) is 12.3. The number of nitrogens with zero attached hydrogens (tertiary/aromatic N) is 1. The van der Waals surface area contributed by atoms with Crippen LogP contribution in [0.2, 0.25) is 4.34 Å². The van der Waals surface area contributed by atoms with E-state index in [1.165, 1.54) is 11.3 Å². The van der Waals surface area contributed by atoms with E-state index in [0.29, 0.717) is 13.0 Å². The van der Waals surface area contributed by atoms with Crippen molar-refractivity contribution in [1.29, 1.82) is 0 Å². The summed E-state index contributed by atoms with van der Waals surface area (Å²) in [5, 5.41) is 9.03. The topological polar surface area (TPSA) is 40.5 Å². The zero-order valence-electron chi connectivity index (χ0n) is 9.56. The van der Waals surface area contributed by atoms with Crippen LogP contribution in [0.3, 0.4) is 0 Å². The number of rotatable bonds is 4. The maximum atomic E-state index is 11.9. The Morgan fingerprint density at radius 1 is 1.59 bits per heavy atom. The number of amides is 1. The second-order valence-electron chi connectivity index (χ2n) is 4.38. The maximum Gasteiger partial charge on any atom is 0.222 e. The number of thiophene rings is 1. The molecule has 1 aromatic rings. The largest absolute Gasteiger partial charge is 0.396 e. The predicted molar refractivity (Wildman–Crippen MR) is 69.4 cm³/mol. The molecule has 2 heterocycles. The van der Waals surface area contributed by atoms with Crippen molar-refractivity contribution in [3.05, 3.63) is 21.3 Å². The molecule has 1 unspecified atom stereocenters. The minimum absolute atomic E-state index is 0.185. The quantitative estimate of drug-likeness (QED) is 0.913. The zero-order valence-corrected chi connectivity index (χ0v) is 11.1. The molecule has 0 aromatic carbocycles. The fourth-order valence-corrected chi connectivity index (χ4v) is 3.17. The first kappa shape index (κ1) is 12.9. The Balaban J connectivity index is 1.78. The third kappa shape index (κ3) is 3.44. The van der Waals surface area contributed by atoms with Crippen LogP contribution >= 0.6 is 22.9 Å². The summed E-state index contributed by atoms with van der Waals surface area (Å²) >= 11 is 7.37. The van der Waals surface area contributed by atoms with E-state index in [2.05, 4.69) is 0 Å². The fraction of sp³-hybridized carbons (Fsp3) is 0.583. The highest BCUT2D eigenvalue weighted by atomic mass is 35.5. The molecule has 0 bridgehead atoms. The maximum absolute atomic E-state index is 11.9. The van der Waals surface area contributed by atoms with E-state index >= 15 is 0 Å². The Kier molecular flexibility index (Phi) is 4.42. The second-order valence-corrected chi connectivity index (χ2v) is 6.18. The minimum Gasteiger partial charge on any atom is -0.396 e. The van der Waals surface area contributed by atoms with Crippen LogP contribution in [0.4, 0.5) is 0 Å². The molecule has 1 atom stereocenters. The molecular weight excluding hydrogens is 258 g/mol. The SMILES string of the molecule is O=C(CCc1ccc(Cl)s1)N1CCC(CO)C1. The summed E-state index contributed by atoms with van der Waals surface area (Å²) in [5.74, 6) is 0.459. The first-order chi connectivity index (χ1) is 8.19. The Morgan fingerprint density at radius 2 is 2.41 bits per heavy atom. The van der Waals surface area contributed by atoms with Crippen molar-refractivity contribution in [3.63, 3.8) is 0 Å². The van der Waals surface area contributed by atoms with Gasteiger partial charge in [0.15, 0.2) is 0 Å². The molecule has 1 aliphatic heterocycles. The molecule has 1 N–H and O–H groups in total. The molecule has 0 radical (unpaired) electrons. The van der Waals surface area contributed by atoms with Gasteiger partial charge in [0.25, 0.3) is 0 Å². The van der Waals surface area contributed by atoms with Gasteiger partial charge in [0.2, 0.25) is 5.91 Å². The molecule has 0 saturated carbocycles. The molecular formula is C12H16ClNO2S. The standard InChI is InChI=1S/C12H16ClNO2S/c13-11-3-1-10(17-11)2-4-12(16)14-6-5-9(7-14)8-15/h1,3,9,15H,2,4-8H2. The van der Waals surface area contributed by atoms with Crippen LogP contribution in [-0.4, -0.2) is 35.6 Å². The van der Waals surface area contributed by atoms with Crippen molar-refractivity contribution in [2.24, 2.45) is 5.92 Å². The summed E-state index contributed by atoms with van der Waals surface area (Å²) in [6, 6.07) is 3.84. The van der Waals surface area contributed by atoms with Crippen molar-refractivity contribution in [3.8, 4) is 0 Å². The molecule has 5 heteroatoms. The number of aryl methyl sites for hydroxylation is 1. The van der Waals surface area contributed by atoms with E-state index in [1.807, 2.05) is 17.0 Å². The van der Waals surface area contributed by atoms with Crippen LogP contribution in [-0.2, 0) is 11.2 Å². The Labute approximate surface area is 110 Å². The number of carbonyl (C=O) groups excluding carboxylic acids is 1.